The number of rotatable bonds is 2. The number of hydrogen-bond donors (Lipinski definition) is 1. The van der Waals surface area contributed by atoms with E-state index in [1.54, 1.807) is 6.08 Å². The van der Waals surface area contributed by atoms with Gasteiger partial charge in [0.25, 0.3) is 0 Å². The van der Waals surface area contributed by atoms with E-state index in [-0.39, 0.29) is 31.4 Å². The third-order valence-electron chi connectivity index (χ3n) is 5.65. The molecule has 2 aromatic carbocycles. The Bertz CT molecular complexity index is 1260. The fraction of sp³-hybridized carbons (Fsp3) is 0.125. The van der Waals surface area contributed by atoms with Crippen molar-refractivity contribution in [2.75, 3.05) is 4.90 Å². The van der Waals surface area contributed by atoms with Crippen LogP contribution in [0.25, 0.3) is 6.08 Å². The number of hydrogen-bond acceptors (Lipinski definition) is 3. The van der Waals surface area contributed by atoms with Crippen LogP contribution >= 0.6 is 0 Å². The molecule has 3 heterocycles. The molecule has 0 fully saturated rings. The predicted molar refractivity (Wildman–Crippen MR) is 125 cm³/mol. The second-order valence-corrected chi connectivity index (χ2v) is 11.3. The van der Waals surface area contributed by atoms with Gasteiger partial charge >= 0.3 is 200 Å². The quantitative estimate of drug-likeness (QED) is 0.285. The van der Waals surface area contributed by atoms with Gasteiger partial charge in [0.05, 0.1) is 0 Å². The van der Waals surface area contributed by atoms with Gasteiger partial charge in [0, 0.05) is 0 Å². The van der Waals surface area contributed by atoms with Crippen molar-refractivity contribution in [2.24, 2.45) is 4.99 Å². The first kappa shape index (κ1) is 20.5. The summed E-state index contributed by atoms with van der Waals surface area (Å²) in [7, 11) is 0. The van der Waals surface area contributed by atoms with E-state index in [2.05, 4.69) is 83.7 Å². The van der Waals surface area contributed by atoms with Crippen molar-refractivity contribution < 1.29 is 9.59 Å². The Labute approximate surface area is 199 Å². The van der Waals surface area contributed by atoms with Gasteiger partial charge in [-0.2, -0.15) is 0 Å². The first-order valence-electron chi connectivity index (χ1n) is 9.78. The van der Waals surface area contributed by atoms with E-state index in [1.807, 2.05) is 6.07 Å². The molecule has 0 atom stereocenters. The Morgan fingerprint density at radius 2 is 1.58 bits per heavy atom. The number of amides is 2. The molecule has 5 nitrogen and oxygen atoms in total. The first-order chi connectivity index (χ1) is 14.9. The monoisotopic (exact) mass is 590 g/mol. The molecular formula is C24H18N3O2SeTe. The summed E-state index contributed by atoms with van der Waals surface area (Å²) in [6.45, 7) is 4.53. The number of nitrogens with one attached hydrogen (secondary N) is 1. The van der Waals surface area contributed by atoms with Crippen molar-refractivity contribution >= 4 is 74.5 Å². The van der Waals surface area contributed by atoms with Gasteiger partial charge in [0.1, 0.15) is 0 Å². The molecule has 0 unspecified atom stereocenters. The molecule has 7 heteroatoms. The van der Waals surface area contributed by atoms with Gasteiger partial charge in [0.15, 0.2) is 0 Å². The van der Waals surface area contributed by atoms with Crippen molar-refractivity contribution in [2.45, 2.75) is 19.3 Å². The molecular weight excluding hydrogens is 569 g/mol. The van der Waals surface area contributed by atoms with Crippen molar-refractivity contribution in [3.63, 3.8) is 0 Å². The van der Waals surface area contributed by atoms with Gasteiger partial charge in [-0.05, 0) is 0 Å². The third-order valence-corrected chi connectivity index (χ3v) is 8.34. The summed E-state index contributed by atoms with van der Waals surface area (Å²) in [5.74, 6) is -0.870. The molecule has 31 heavy (non-hydrogen) atoms. The van der Waals surface area contributed by atoms with Gasteiger partial charge in [-0.25, -0.2) is 0 Å². The Morgan fingerprint density at radius 1 is 0.968 bits per heavy atom. The molecule has 2 amide bonds. The van der Waals surface area contributed by atoms with Crippen molar-refractivity contribution in [3.8, 4) is 0 Å². The number of carbonyl (C=O) groups excluding carboxylic acids is 2. The number of nitrogens with zero attached hydrogens (tertiary/aromatic N) is 2. The number of anilines is 3. The molecule has 3 aromatic rings. The van der Waals surface area contributed by atoms with Crippen LogP contribution in [-0.4, -0.2) is 52.5 Å². The standard InChI is InChI=1S/C24H18N3O2SeTe/c1-24(2)16-7-3-5-9-18(16)27(19-10-6-4-8-17(19)24)20-12-11-14(30-20)13-15-21(28)25-23(31)26-22(15)29/h3-13H,1-2H3,(H,25,26,28,29). The van der Waals surface area contributed by atoms with Crippen LogP contribution < -0.4 is 10.2 Å². The Morgan fingerprint density at radius 3 is 2.19 bits per heavy atom. The van der Waals surface area contributed by atoms with E-state index in [0.717, 1.165) is 4.44 Å². The van der Waals surface area contributed by atoms with Crippen LogP contribution in [-0.2, 0) is 15.0 Å². The molecule has 2 aliphatic heterocycles. The van der Waals surface area contributed by atoms with Crippen LogP contribution in [0.1, 0.15) is 29.4 Å². The topological polar surface area (TPSA) is 61.8 Å². The van der Waals surface area contributed by atoms with Gasteiger partial charge in [-0.1, -0.05) is 0 Å². The fourth-order valence-electron chi connectivity index (χ4n) is 4.16. The Hall–Kier alpha value is -2.42. The van der Waals surface area contributed by atoms with E-state index in [9.17, 15) is 9.59 Å². The van der Waals surface area contributed by atoms with Crippen LogP contribution in [0.3, 0.4) is 0 Å². The zero-order chi connectivity index (χ0) is 21.8. The zero-order valence-corrected chi connectivity index (χ0v) is 20.9. The summed E-state index contributed by atoms with van der Waals surface area (Å²) in [6, 6.07) is 21.1. The second kappa shape index (κ2) is 7.62. The van der Waals surface area contributed by atoms with Gasteiger partial charge < -0.3 is 0 Å². The van der Waals surface area contributed by atoms with E-state index < -0.39 is 5.91 Å². The van der Waals surface area contributed by atoms with Gasteiger partial charge in [-0.15, -0.1) is 0 Å². The molecule has 1 radical (unpaired) electrons. The van der Waals surface area contributed by atoms with Crippen molar-refractivity contribution in [3.05, 3.63) is 81.8 Å². The SMILES string of the molecule is CC1(C)c2ccccc2N(c2ccc(/C=C3/C(=O)N=C([Te])NC3=O)[se]2)c2ccccc21. The molecule has 1 N–H and O–H groups in total. The summed E-state index contributed by atoms with van der Waals surface area (Å²) < 4.78 is 2.48. The number of carbonyl (C=O) groups is 2. The van der Waals surface area contributed by atoms with Crippen LogP contribution in [0.2, 0.25) is 0 Å². The average molecular weight is 587 g/mol. The summed E-state index contributed by atoms with van der Waals surface area (Å²) in [5.41, 5.74) is 4.91. The van der Waals surface area contributed by atoms with Crippen molar-refractivity contribution in [1.29, 1.82) is 0 Å². The van der Waals surface area contributed by atoms with E-state index in [0.29, 0.717) is 3.88 Å². The normalized spacial score (nSPS) is 18.3. The molecule has 0 saturated carbocycles. The first-order valence-corrected chi connectivity index (χ1v) is 12.7. The van der Waals surface area contributed by atoms with Gasteiger partial charge in [0.2, 0.25) is 0 Å². The Balaban J connectivity index is 1.62. The molecule has 0 aliphatic carbocycles. The summed E-state index contributed by atoms with van der Waals surface area (Å²) in [4.78, 5) is 30.7. The molecule has 0 saturated heterocycles. The van der Waals surface area contributed by atoms with E-state index in [4.69, 9.17) is 0 Å². The summed E-state index contributed by atoms with van der Waals surface area (Å²) >= 11 is 1.47. The molecule has 2 aliphatic rings. The maximum atomic E-state index is 12.3. The zero-order valence-electron chi connectivity index (χ0n) is 16.9. The number of benzene rings is 2. The maximum absolute atomic E-state index is 12.3. The van der Waals surface area contributed by atoms with Crippen molar-refractivity contribution in [1.82, 2.24) is 5.32 Å². The molecule has 1 aromatic heterocycles. The number of aliphatic imine (C=N–C) groups is 1. The van der Waals surface area contributed by atoms with Crippen LogP contribution in [0.5, 0.6) is 0 Å². The van der Waals surface area contributed by atoms with Crippen LogP contribution in [0.4, 0.5) is 15.9 Å². The minimum absolute atomic E-state index is 0.0634. The summed E-state index contributed by atoms with van der Waals surface area (Å²) in [5, 5.41) is 2.62. The molecule has 0 bridgehead atoms. The third kappa shape index (κ3) is 3.43. The predicted octanol–water partition coefficient (Wildman–Crippen LogP) is 3.42. The molecule has 153 valence electrons. The average Bonchev–Trinajstić information content (AvgIpc) is 3.19. The number of para-hydroxylation sites is 2. The van der Waals surface area contributed by atoms with Crippen LogP contribution in [0, 0.1) is 0 Å². The van der Waals surface area contributed by atoms with Crippen LogP contribution in [0.15, 0.2) is 71.2 Å². The number of fused-ring (bicyclic) bond motifs is 2. The van der Waals surface area contributed by atoms with Gasteiger partial charge in [-0.3, -0.25) is 0 Å². The fourth-order valence-corrected chi connectivity index (χ4v) is 6.71. The second-order valence-electron chi connectivity index (χ2n) is 7.90. The Kier molecular flexibility index (Phi) is 5.03. The molecule has 5 rings (SSSR count). The molecule has 0 spiro atoms. The number of amidine groups is 1. The van der Waals surface area contributed by atoms with E-state index in [1.165, 1.54) is 49.4 Å². The summed E-state index contributed by atoms with van der Waals surface area (Å²) in [6.07, 6.45) is 1.68. The minimum atomic E-state index is -0.482. The van der Waals surface area contributed by atoms with E-state index >= 15 is 0 Å².